The Balaban J connectivity index is 2.10. The normalized spacial score (nSPS) is 13.0. The van der Waals surface area contributed by atoms with Crippen LogP contribution < -0.4 is 0 Å². The summed E-state index contributed by atoms with van der Waals surface area (Å²) in [6.07, 6.45) is -3.20. The smallest absolute Gasteiger partial charge is 0.288 e. The van der Waals surface area contributed by atoms with Gasteiger partial charge < -0.3 is 0 Å². The molecule has 0 saturated carbocycles. The quantitative estimate of drug-likeness (QED) is 0.654. The van der Waals surface area contributed by atoms with E-state index < -0.39 is 12.7 Å². The molecule has 2 aromatic heterocycles. The summed E-state index contributed by atoms with van der Waals surface area (Å²) in [4.78, 5) is 11.7. The minimum atomic E-state index is -3.13. The lowest BCUT2D eigenvalue weighted by Crippen LogP contribution is -2.10. The number of halogens is 5. The van der Waals surface area contributed by atoms with Crippen molar-refractivity contribution in [3.05, 3.63) is 41.0 Å². The summed E-state index contributed by atoms with van der Waals surface area (Å²) in [5, 5.41) is 0.297. The van der Waals surface area contributed by atoms with Gasteiger partial charge in [-0.25, -0.2) is 28.1 Å². The van der Waals surface area contributed by atoms with E-state index >= 15 is 0 Å². The van der Waals surface area contributed by atoms with Crippen LogP contribution in [-0.4, -0.2) is 25.9 Å². The molecule has 9 heteroatoms. The number of nitrogens with zero attached hydrogens (tertiary/aromatic N) is 4. The van der Waals surface area contributed by atoms with Crippen LogP contribution in [0.2, 0.25) is 10.3 Å². The maximum Gasteiger partial charge on any atom is 0.288 e. The molecule has 0 N–H and O–H groups in total. The van der Waals surface area contributed by atoms with Crippen molar-refractivity contribution < 1.29 is 13.2 Å². The second kappa shape index (κ2) is 5.73. The van der Waals surface area contributed by atoms with E-state index in [1.807, 2.05) is 0 Å². The van der Waals surface area contributed by atoms with Gasteiger partial charge in [-0.2, -0.15) is 0 Å². The molecule has 2 heterocycles. The molecule has 0 aliphatic rings. The Kier molecular flexibility index (Phi) is 3.92. The molecule has 114 valence electrons. The van der Waals surface area contributed by atoms with Crippen molar-refractivity contribution in [1.82, 2.24) is 19.5 Å². The summed E-state index contributed by atoms with van der Waals surface area (Å²) >= 11 is 11.7. The number of benzene rings is 1. The highest BCUT2D eigenvalue weighted by atomic mass is 35.5. The number of hydrogen-bond acceptors (Lipinski definition) is 3. The fourth-order valence-electron chi connectivity index (χ4n) is 2.05. The average molecular weight is 347 g/mol. The first-order valence-electron chi connectivity index (χ1n) is 6.04. The van der Waals surface area contributed by atoms with Gasteiger partial charge in [-0.1, -0.05) is 17.7 Å². The van der Waals surface area contributed by atoms with Crippen LogP contribution >= 0.6 is 23.2 Å². The molecule has 0 saturated heterocycles. The van der Waals surface area contributed by atoms with E-state index in [1.165, 1.54) is 12.3 Å². The van der Waals surface area contributed by atoms with E-state index in [-0.39, 0.29) is 15.8 Å². The first-order chi connectivity index (χ1) is 10.5. The number of aromatic nitrogens is 4. The van der Waals surface area contributed by atoms with Crippen LogP contribution in [0.4, 0.5) is 13.2 Å². The minimum Gasteiger partial charge on any atom is -0.294 e. The number of alkyl halides is 3. The van der Waals surface area contributed by atoms with Gasteiger partial charge in [0.2, 0.25) is 11.6 Å². The number of hydrogen-bond donors (Lipinski definition) is 0. The lowest BCUT2D eigenvalue weighted by molar-refractivity contribution is 0.0103. The van der Waals surface area contributed by atoms with E-state index in [0.29, 0.717) is 16.8 Å². The fraction of sp³-hybridized carbons (Fsp3) is 0.154. The summed E-state index contributed by atoms with van der Waals surface area (Å²) in [5.41, 5.74) is 1.53. The number of imidazole rings is 1. The lowest BCUT2D eigenvalue weighted by atomic mass is 10.1. The Morgan fingerprint density at radius 3 is 2.59 bits per heavy atom. The molecule has 0 spiro atoms. The lowest BCUT2D eigenvalue weighted by Gasteiger charge is -2.09. The molecule has 0 fully saturated rings. The van der Waals surface area contributed by atoms with Crippen molar-refractivity contribution in [3.8, 4) is 11.3 Å². The Morgan fingerprint density at radius 1 is 1.09 bits per heavy atom. The molecule has 3 aromatic rings. The third-order valence-corrected chi connectivity index (χ3v) is 3.50. The highest BCUT2D eigenvalue weighted by Crippen LogP contribution is 2.30. The monoisotopic (exact) mass is 346 g/mol. The van der Waals surface area contributed by atoms with Crippen molar-refractivity contribution in [3.63, 3.8) is 0 Å². The van der Waals surface area contributed by atoms with Gasteiger partial charge in [-0.15, -0.1) is 0 Å². The number of fused-ring (bicyclic) bond motifs is 1. The van der Waals surface area contributed by atoms with Crippen molar-refractivity contribution in [2.75, 3.05) is 0 Å². The van der Waals surface area contributed by atoms with Crippen LogP contribution in [0.3, 0.4) is 0 Å². The summed E-state index contributed by atoms with van der Waals surface area (Å²) < 4.78 is 39.2. The van der Waals surface area contributed by atoms with Crippen molar-refractivity contribution >= 4 is 34.2 Å². The van der Waals surface area contributed by atoms with Gasteiger partial charge in [0.05, 0.1) is 34.3 Å². The molecular formula is C13H7Cl2F3N4. The predicted molar refractivity (Wildman–Crippen MR) is 76.9 cm³/mol. The second-order valence-electron chi connectivity index (χ2n) is 4.40. The van der Waals surface area contributed by atoms with Crippen molar-refractivity contribution in [2.24, 2.45) is 0 Å². The van der Waals surface area contributed by atoms with E-state index in [9.17, 15) is 13.2 Å². The zero-order valence-electron chi connectivity index (χ0n) is 10.7. The molecule has 0 bridgehead atoms. The minimum absolute atomic E-state index is 0.0200. The molecule has 1 aromatic carbocycles. The van der Waals surface area contributed by atoms with Crippen LogP contribution in [0, 0.1) is 0 Å². The molecular weight excluding hydrogens is 340 g/mol. The van der Waals surface area contributed by atoms with Crippen LogP contribution in [0.25, 0.3) is 22.3 Å². The zero-order chi connectivity index (χ0) is 15.9. The topological polar surface area (TPSA) is 43.6 Å². The van der Waals surface area contributed by atoms with Gasteiger partial charge in [0.25, 0.3) is 6.43 Å². The van der Waals surface area contributed by atoms with Crippen LogP contribution in [-0.2, 0) is 0 Å². The molecule has 4 nitrogen and oxygen atoms in total. The predicted octanol–water partition coefficient (Wildman–Crippen LogP) is 4.53. The zero-order valence-corrected chi connectivity index (χ0v) is 12.2. The van der Waals surface area contributed by atoms with Gasteiger partial charge in [0.1, 0.15) is 0 Å². The summed E-state index contributed by atoms with van der Waals surface area (Å²) in [6.45, 7) is 0. The van der Waals surface area contributed by atoms with Gasteiger partial charge >= 0.3 is 0 Å². The third kappa shape index (κ3) is 2.62. The maximum atomic E-state index is 13.5. The van der Waals surface area contributed by atoms with E-state index in [4.69, 9.17) is 23.2 Å². The molecule has 22 heavy (non-hydrogen) atoms. The standard InChI is InChI=1S/C13H7Cl2F3N4/c14-7-4-19-13(15)21-10(7)6-1-2-9-8(3-6)20-5-22(9)12(18)11(16)17/h1-5,11-12H. The molecule has 1 atom stereocenters. The Labute approximate surface area is 132 Å². The fourth-order valence-corrected chi connectivity index (χ4v) is 2.38. The third-order valence-electron chi connectivity index (χ3n) is 3.04. The first kappa shape index (κ1) is 15.1. The van der Waals surface area contributed by atoms with Gasteiger partial charge in [-0.05, 0) is 23.7 Å². The molecule has 0 radical (unpaired) electrons. The van der Waals surface area contributed by atoms with Crippen molar-refractivity contribution in [1.29, 1.82) is 0 Å². The summed E-state index contributed by atoms with van der Waals surface area (Å²) in [6, 6.07) is 4.61. The molecule has 1 unspecified atom stereocenters. The molecule has 0 aliphatic heterocycles. The first-order valence-corrected chi connectivity index (χ1v) is 6.80. The second-order valence-corrected chi connectivity index (χ2v) is 5.14. The number of rotatable bonds is 3. The Morgan fingerprint density at radius 2 is 1.86 bits per heavy atom. The summed E-state index contributed by atoms with van der Waals surface area (Å²) in [5.74, 6) is 0. The van der Waals surface area contributed by atoms with Crippen LogP contribution in [0.15, 0.2) is 30.7 Å². The molecule has 0 amide bonds. The van der Waals surface area contributed by atoms with Gasteiger partial charge in [0.15, 0.2) is 0 Å². The molecule has 0 aliphatic carbocycles. The van der Waals surface area contributed by atoms with Gasteiger partial charge in [-0.3, -0.25) is 4.57 Å². The van der Waals surface area contributed by atoms with E-state index in [1.54, 1.807) is 12.1 Å². The van der Waals surface area contributed by atoms with E-state index in [2.05, 4.69) is 15.0 Å². The Hall–Kier alpha value is -1.86. The van der Waals surface area contributed by atoms with E-state index in [0.717, 1.165) is 10.9 Å². The Bertz CT molecular complexity index is 837. The SMILES string of the molecule is FC(F)C(F)n1cnc2cc(-c3nc(Cl)ncc3Cl)ccc21. The highest BCUT2D eigenvalue weighted by molar-refractivity contribution is 6.33. The molecule has 3 rings (SSSR count). The van der Waals surface area contributed by atoms with Gasteiger partial charge in [0, 0.05) is 5.56 Å². The summed E-state index contributed by atoms with van der Waals surface area (Å²) in [7, 11) is 0. The van der Waals surface area contributed by atoms with Crippen molar-refractivity contribution in [2.45, 2.75) is 12.7 Å². The highest BCUT2D eigenvalue weighted by Gasteiger charge is 2.23. The average Bonchev–Trinajstić information content (AvgIpc) is 2.91. The maximum absolute atomic E-state index is 13.5. The van der Waals surface area contributed by atoms with Crippen LogP contribution in [0.5, 0.6) is 0 Å². The largest absolute Gasteiger partial charge is 0.294 e. The van der Waals surface area contributed by atoms with Crippen LogP contribution in [0.1, 0.15) is 6.30 Å².